The Morgan fingerprint density at radius 2 is 2.11 bits per heavy atom. The Kier molecular flexibility index (Phi) is 6.08. The number of carboxylic acid groups (broad SMARTS) is 1. The molecule has 0 aromatic carbocycles. The predicted octanol–water partition coefficient (Wildman–Crippen LogP) is 0.737. The molecule has 0 aromatic rings. The Morgan fingerprint density at radius 3 is 2.68 bits per heavy atom. The van der Waals surface area contributed by atoms with Crippen LogP contribution in [0.5, 0.6) is 0 Å². The van der Waals surface area contributed by atoms with Crippen molar-refractivity contribution in [3.8, 4) is 0 Å². The summed E-state index contributed by atoms with van der Waals surface area (Å²) in [5, 5.41) is 14.8. The van der Waals surface area contributed by atoms with E-state index in [0.717, 1.165) is 32.5 Å². The van der Waals surface area contributed by atoms with E-state index in [-0.39, 0.29) is 12.1 Å². The first-order valence-electron chi connectivity index (χ1n) is 6.88. The molecule has 6 nitrogen and oxygen atoms in total. The first-order chi connectivity index (χ1) is 8.95. The van der Waals surface area contributed by atoms with Gasteiger partial charge in [0.2, 0.25) is 0 Å². The molecule has 3 N–H and O–H groups in total. The molecule has 6 heteroatoms. The van der Waals surface area contributed by atoms with Gasteiger partial charge in [0.15, 0.2) is 0 Å². The highest BCUT2D eigenvalue weighted by Gasteiger charge is 2.26. The van der Waals surface area contributed by atoms with Gasteiger partial charge in [-0.1, -0.05) is 0 Å². The van der Waals surface area contributed by atoms with E-state index in [2.05, 4.69) is 10.6 Å². The number of piperidine rings is 1. The van der Waals surface area contributed by atoms with E-state index in [1.54, 1.807) is 18.7 Å². The molecule has 1 fully saturated rings. The molecule has 0 aliphatic carbocycles. The van der Waals surface area contributed by atoms with Crippen LogP contribution in [0.3, 0.4) is 0 Å². The Hall–Kier alpha value is -1.30. The zero-order valence-corrected chi connectivity index (χ0v) is 12.0. The van der Waals surface area contributed by atoms with Gasteiger partial charge in [-0.25, -0.2) is 4.79 Å². The van der Waals surface area contributed by atoms with Gasteiger partial charge >= 0.3 is 12.0 Å². The first-order valence-corrected chi connectivity index (χ1v) is 6.88. The third-order valence-electron chi connectivity index (χ3n) is 3.79. The van der Waals surface area contributed by atoms with E-state index in [0.29, 0.717) is 5.92 Å². The minimum Gasteiger partial charge on any atom is -0.481 e. The minimum absolute atomic E-state index is 0.151. The second-order valence-electron chi connectivity index (χ2n) is 5.38. The molecule has 110 valence electrons. The van der Waals surface area contributed by atoms with Crippen molar-refractivity contribution in [2.45, 2.75) is 32.7 Å². The number of nitrogens with zero attached hydrogens (tertiary/aromatic N) is 1. The molecule has 3 atom stereocenters. The van der Waals surface area contributed by atoms with E-state index in [4.69, 9.17) is 5.11 Å². The van der Waals surface area contributed by atoms with E-state index in [1.807, 2.05) is 7.05 Å². The Bertz CT molecular complexity index is 320. The number of hydrogen-bond acceptors (Lipinski definition) is 3. The lowest BCUT2D eigenvalue weighted by Gasteiger charge is -2.34. The van der Waals surface area contributed by atoms with Crippen LogP contribution in [0.25, 0.3) is 0 Å². The second kappa shape index (κ2) is 7.33. The number of nitrogens with one attached hydrogen (secondary N) is 2. The quantitative estimate of drug-likeness (QED) is 0.689. The molecule has 0 aromatic heterocycles. The zero-order valence-electron chi connectivity index (χ0n) is 12.0. The molecule has 0 saturated carbocycles. The van der Waals surface area contributed by atoms with Crippen LogP contribution in [0.15, 0.2) is 0 Å². The smallest absolute Gasteiger partial charge is 0.317 e. The van der Waals surface area contributed by atoms with Gasteiger partial charge in [0.1, 0.15) is 0 Å². The van der Waals surface area contributed by atoms with Crippen molar-refractivity contribution in [3.05, 3.63) is 0 Å². The van der Waals surface area contributed by atoms with Crippen LogP contribution >= 0.6 is 0 Å². The van der Waals surface area contributed by atoms with Crippen LogP contribution in [0.4, 0.5) is 4.79 Å². The number of carbonyl (C=O) groups is 2. The topological polar surface area (TPSA) is 81.7 Å². The lowest BCUT2D eigenvalue weighted by atomic mass is 9.98. The normalized spacial score (nSPS) is 22.7. The Morgan fingerprint density at radius 1 is 1.42 bits per heavy atom. The monoisotopic (exact) mass is 271 g/mol. The van der Waals surface area contributed by atoms with E-state index >= 15 is 0 Å². The molecular weight excluding hydrogens is 246 g/mol. The molecule has 3 unspecified atom stereocenters. The fourth-order valence-corrected chi connectivity index (χ4v) is 2.33. The summed E-state index contributed by atoms with van der Waals surface area (Å²) in [6.45, 7) is 5.73. The molecule has 1 aliphatic heterocycles. The van der Waals surface area contributed by atoms with Gasteiger partial charge in [0, 0.05) is 19.1 Å². The number of amides is 2. The number of carbonyl (C=O) groups excluding carboxylic acids is 1. The maximum absolute atomic E-state index is 12.1. The third-order valence-corrected chi connectivity index (χ3v) is 3.79. The fourth-order valence-electron chi connectivity index (χ4n) is 2.33. The highest BCUT2D eigenvalue weighted by atomic mass is 16.4. The van der Waals surface area contributed by atoms with Crippen molar-refractivity contribution >= 4 is 12.0 Å². The molecule has 1 heterocycles. The van der Waals surface area contributed by atoms with Gasteiger partial charge in [-0.2, -0.15) is 0 Å². The van der Waals surface area contributed by atoms with Crippen molar-refractivity contribution in [1.29, 1.82) is 0 Å². The summed E-state index contributed by atoms with van der Waals surface area (Å²) in [5.74, 6) is -0.988. The number of likely N-dealkylation sites (tertiary alicyclic amines) is 1. The first kappa shape index (κ1) is 15.8. The lowest BCUT2D eigenvalue weighted by Crippen LogP contribution is -2.51. The largest absolute Gasteiger partial charge is 0.481 e. The maximum Gasteiger partial charge on any atom is 0.317 e. The Labute approximate surface area is 114 Å². The summed E-state index contributed by atoms with van der Waals surface area (Å²) in [7, 11) is 1.91. The number of rotatable bonds is 5. The molecule has 1 rings (SSSR count). The Balaban J connectivity index is 2.46. The SMILES string of the molecule is CNCC1CCCN(C(=O)NC(C)C(C)C(=O)O)C1. The summed E-state index contributed by atoms with van der Waals surface area (Å²) in [4.78, 5) is 24.7. The molecule has 19 heavy (non-hydrogen) atoms. The fraction of sp³-hybridized carbons (Fsp3) is 0.846. The summed E-state index contributed by atoms with van der Waals surface area (Å²) < 4.78 is 0. The molecule has 1 saturated heterocycles. The summed E-state index contributed by atoms with van der Waals surface area (Å²) in [6.07, 6.45) is 2.13. The van der Waals surface area contributed by atoms with E-state index in [9.17, 15) is 9.59 Å². The maximum atomic E-state index is 12.1. The van der Waals surface area contributed by atoms with Crippen molar-refractivity contribution in [3.63, 3.8) is 0 Å². The number of hydrogen-bond donors (Lipinski definition) is 3. The average Bonchev–Trinajstić information content (AvgIpc) is 2.38. The highest BCUT2D eigenvalue weighted by molar-refractivity contribution is 5.76. The number of carboxylic acids is 1. The highest BCUT2D eigenvalue weighted by Crippen LogP contribution is 2.16. The van der Waals surface area contributed by atoms with Crippen LogP contribution in [0.2, 0.25) is 0 Å². The van der Waals surface area contributed by atoms with E-state index in [1.165, 1.54) is 0 Å². The standard InChI is InChI=1S/C13H25N3O3/c1-9(12(17)18)10(2)15-13(19)16-6-4-5-11(8-16)7-14-3/h9-11,14H,4-8H2,1-3H3,(H,15,19)(H,17,18). The summed E-state index contributed by atoms with van der Waals surface area (Å²) in [6, 6.07) is -0.518. The molecule has 0 spiro atoms. The molecule has 0 bridgehead atoms. The van der Waals surface area contributed by atoms with Gasteiger partial charge in [0.05, 0.1) is 5.92 Å². The van der Waals surface area contributed by atoms with Gasteiger partial charge in [-0.05, 0) is 46.2 Å². The van der Waals surface area contributed by atoms with Crippen molar-refractivity contribution < 1.29 is 14.7 Å². The van der Waals surface area contributed by atoms with Crippen LogP contribution in [0, 0.1) is 11.8 Å². The number of urea groups is 1. The van der Waals surface area contributed by atoms with Crippen LogP contribution in [-0.4, -0.2) is 54.7 Å². The second-order valence-corrected chi connectivity index (χ2v) is 5.38. The molecule has 1 aliphatic rings. The van der Waals surface area contributed by atoms with Gasteiger partial charge in [0.25, 0.3) is 0 Å². The lowest BCUT2D eigenvalue weighted by molar-refractivity contribution is -0.141. The van der Waals surface area contributed by atoms with Crippen LogP contribution in [0.1, 0.15) is 26.7 Å². The zero-order chi connectivity index (χ0) is 14.4. The average molecular weight is 271 g/mol. The van der Waals surface area contributed by atoms with Gasteiger partial charge < -0.3 is 20.6 Å². The minimum atomic E-state index is -0.889. The van der Waals surface area contributed by atoms with Crippen LogP contribution in [-0.2, 0) is 4.79 Å². The predicted molar refractivity (Wildman–Crippen MR) is 73.0 cm³/mol. The van der Waals surface area contributed by atoms with Crippen molar-refractivity contribution in [1.82, 2.24) is 15.5 Å². The third kappa shape index (κ3) is 4.70. The summed E-state index contributed by atoms with van der Waals surface area (Å²) >= 11 is 0. The molecule has 0 radical (unpaired) electrons. The molecule has 2 amide bonds. The number of aliphatic carboxylic acids is 1. The summed E-state index contributed by atoms with van der Waals surface area (Å²) in [5.41, 5.74) is 0. The van der Waals surface area contributed by atoms with Crippen molar-refractivity contribution in [2.75, 3.05) is 26.7 Å². The van der Waals surface area contributed by atoms with Crippen molar-refractivity contribution in [2.24, 2.45) is 11.8 Å². The van der Waals surface area contributed by atoms with Gasteiger partial charge in [-0.15, -0.1) is 0 Å². The van der Waals surface area contributed by atoms with Crippen LogP contribution < -0.4 is 10.6 Å². The van der Waals surface area contributed by atoms with E-state index < -0.39 is 11.9 Å². The molecular formula is C13H25N3O3. The van der Waals surface area contributed by atoms with Gasteiger partial charge in [-0.3, -0.25) is 4.79 Å².